The van der Waals surface area contributed by atoms with Gasteiger partial charge < -0.3 is 9.72 Å². The lowest BCUT2D eigenvalue weighted by molar-refractivity contribution is 0.344. The van der Waals surface area contributed by atoms with E-state index in [-0.39, 0.29) is 5.56 Å². The number of nitrogens with zero attached hydrogens (tertiary/aromatic N) is 1. The molecule has 0 atom stereocenters. The third kappa shape index (κ3) is 3.63. The second kappa shape index (κ2) is 6.73. The van der Waals surface area contributed by atoms with Crippen LogP contribution in [-0.2, 0) is 0 Å². The Kier molecular flexibility index (Phi) is 4.71. The summed E-state index contributed by atoms with van der Waals surface area (Å²) < 4.78 is 5.61. The maximum Gasteiger partial charge on any atom is 0.260 e. The van der Waals surface area contributed by atoms with Gasteiger partial charge in [0.25, 0.3) is 5.56 Å². The molecule has 3 rings (SSSR count). The van der Waals surface area contributed by atoms with Crippen LogP contribution in [0.25, 0.3) is 10.2 Å². The van der Waals surface area contributed by atoms with E-state index >= 15 is 0 Å². The summed E-state index contributed by atoms with van der Waals surface area (Å²) in [5.74, 6) is 1.47. The van der Waals surface area contributed by atoms with E-state index in [0.29, 0.717) is 27.9 Å². The molecule has 7 heteroatoms. The summed E-state index contributed by atoms with van der Waals surface area (Å²) in [5, 5.41) is 1.96. The number of benzene rings is 1. The van der Waals surface area contributed by atoms with Gasteiger partial charge in [0, 0.05) is 15.7 Å². The van der Waals surface area contributed by atoms with Crippen molar-refractivity contribution in [3.8, 4) is 5.75 Å². The zero-order valence-corrected chi connectivity index (χ0v) is 14.1. The molecule has 0 spiro atoms. The number of thiophene rings is 1. The summed E-state index contributed by atoms with van der Waals surface area (Å²) in [6.07, 6.45) is 0. The number of fused-ring (bicyclic) bond motifs is 1. The van der Waals surface area contributed by atoms with Crippen LogP contribution in [-0.4, -0.2) is 22.3 Å². The highest BCUT2D eigenvalue weighted by atomic mass is 35.5. The Morgan fingerprint density at radius 3 is 2.91 bits per heavy atom. The van der Waals surface area contributed by atoms with Gasteiger partial charge in [0.1, 0.15) is 10.6 Å². The maximum atomic E-state index is 12.0. The van der Waals surface area contributed by atoms with Gasteiger partial charge in [0.05, 0.1) is 12.0 Å². The third-order valence-corrected chi connectivity index (χ3v) is 4.94. The molecule has 3 aromatic rings. The molecule has 0 aliphatic carbocycles. The van der Waals surface area contributed by atoms with Gasteiger partial charge in [-0.05, 0) is 37.3 Å². The highest BCUT2D eigenvalue weighted by Gasteiger charge is 2.07. The van der Waals surface area contributed by atoms with E-state index in [4.69, 9.17) is 16.3 Å². The van der Waals surface area contributed by atoms with E-state index in [1.54, 1.807) is 12.1 Å². The second-order valence-corrected chi connectivity index (χ2v) is 7.35. The van der Waals surface area contributed by atoms with Gasteiger partial charge >= 0.3 is 0 Å². The second-order valence-electron chi connectivity index (χ2n) is 4.60. The predicted molar refractivity (Wildman–Crippen MR) is 92.6 cm³/mol. The fraction of sp³-hybridized carbons (Fsp3) is 0.200. The van der Waals surface area contributed by atoms with Crippen molar-refractivity contribution in [1.29, 1.82) is 0 Å². The molecule has 0 aliphatic heterocycles. The molecule has 4 nitrogen and oxygen atoms in total. The zero-order valence-electron chi connectivity index (χ0n) is 11.8. The Balaban J connectivity index is 1.59. The lowest BCUT2D eigenvalue weighted by Gasteiger charge is -2.05. The Morgan fingerprint density at radius 2 is 2.14 bits per heavy atom. The van der Waals surface area contributed by atoms with Crippen molar-refractivity contribution in [1.82, 2.24) is 9.97 Å². The molecular formula is C15H13ClN2O2S2. The number of hydrogen-bond donors (Lipinski definition) is 1. The summed E-state index contributed by atoms with van der Waals surface area (Å²) in [7, 11) is 0. The van der Waals surface area contributed by atoms with Gasteiger partial charge in [-0.1, -0.05) is 23.4 Å². The van der Waals surface area contributed by atoms with Gasteiger partial charge in [-0.3, -0.25) is 4.79 Å². The topological polar surface area (TPSA) is 55.0 Å². The molecule has 22 heavy (non-hydrogen) atoms. The number of aromatic nitrogens is 2. The van der Waals surface area contributed by atoms with Crippen LogP contribution >= 0.6 is 34.7 Å². The Morgan fingerprint density at radius 1 is 1.36 bits per heavy atom. The SMILES string of the molecule is Cc1cc2c(=O)[nH]c(SCCOc3ccc(Cl)cc3)nc2s1. The van der Waals surface area contributed by atoms with Crippen molar-refractivity contribution >= 4 is 44.9 Å². The number of H-pyrrole nitrogens is 1. The van der Waals surface area contributed by atoms with E-state index < -0.39 is 0 Å². The number of aromatic amines is 1. The lowest BCUT2D eigenvalue weighted by atomic mass is 10.3. The molecule has 114 valence electrons. The van der Waals surface area contributed by atoms with Crippen molar-refractivity contribution in [2.24, 2.45) is 0 Å². The highest BCUT2D eigenvalue weighted by molar-refractivity contribution is 7.99. The summed E-state index contributed by atoms with van der Waals surface area (Å²) in [6, 6.07) is 9.09. The Hall–Kier alpha value is -1.50. The molecule has 2 aromatic heterocycles. The van der Waals surface area contributed by atoms with Crippen molar-refractivity contribution in [3.63, 3.8) is 0 Å². The number of hydrogen-bond acceptors (Lipinski definition) is 5. The standard InChI is InChI=1S/C15H13ClN2O2S2/c1-9-8-12-13(19)17-15(18-14(12)22-9)21-7-6-20-11-4-2-10(16)3-5-11/h2-5,8H,6-7H2,1H3,(H,17,18,19). The number of rotatable bonds is 5. The summed E-state index contributed by atoms with van der Waals surface area (Å²) in [4.78, 5) is 21.1. The normalized spacial score (nSPS) is 11.0. The van der Waals surface area contributed by atoms with Gasteiger partial charge in [0.2, 0.25) is 0 Å². The fourth-order valence-electron chi connectivity index (χ4n) is 1.93. The van der Waals surface area contributed by atoms with Crippen molar-refractivity contribution in [2.45, 2.75) is 12.1 Å². The fourth-order valence-corrected chi connectivity index (χ4v) is 3.67. The minimum absolute atomic E-state index is 0.0875. The van der Waals surface area contributed by atoms with Gasteiger partial charge in [0.15, 0.2) is 5.16 Å². The average molecular weight is 353 g/mol. The van der Waals surface area contributed by atoms with Crippen LogP contribution in [0, 0.1) is 6.92 Å². The van der Waals surface area contributed by atoms with Gasteiger partial charge in [-0.15, -0.1) is 11.3 Å². The smallest absolute Gasteiger partial charge is 0.260 e. The largest absolute Gasteiger partial charge is 0.493 e. The maximum absolute atomic E-state index is 12.0. The Bertz CT molecular complexity index is 843. The number of nitrogens with one attached hydrogen (secondary N) is 1. The van der Waals surface area contributed by atoms with E-state index in [0.717, 1.165) is 15.5 Å². The summed E-state index contributed by atoms with van der Waals surface area (Å²) in [5.41, 5.74) is -0.0875. The van der Waals surface area contributed by atoms with E-state index in [2.05, 4.69) is 9.97 Å². The molecule has 0 saturated carbocycles. The van der Waals surface area contributed by atoms with Crippen molar-refractivity contribution in [2.75, 3.05) is 12.4 Å². The van der Waals surface area contributed by atoms with Gasteiger partial charge in [-0.25, -0.2) is 4.98 Å². The Labute approximate surface area is 140 Å². The lowest BCUT2D eigenvalue weighted by Crippen LogP contribution is -2.08. The molecule has 1 aromatic carbocycles. The third-order valence-electron chi connectivity index (χ3n) is 2.91. The van der Waals surface area contributed by atoms with Crippen LogP contribution in [0.5, 0.6) is 5.75 Å². The van der Waals surface area contributed by atoms with E-state index in [1.807, 2.05) is 25.1 Å². The molecule has 0 aliphatic rings. The van der Waals surface area contributed by atoms with E-state index in [1.165, 1.54) is 23.1 Å². The van der Waals surface area contributed by atoms with Crippen LogP contribution in [0.2, 0.25) is 5.02 Å². The molecule has 0 bridgehead atoms. The quantitative estimate of drug-likeness (QED) is 0.426. The monoisotopic (exact) mass is 352 g/mol. The zero-order chi connectivity index (χ0) is 15.5. The molecule has 0 saturated heterocycles. The molecule has 1 N–H and O–H groups in total. The highest BCUT2D eigenvalue weighted by Crippen LogP contribution is 2.22. The molecule has 0 fully saturated rings. The summed E-state index contributed by atoms with van der Waals surface area (Å²) >= 11 is 8.82. The van der Waals surface area contributed by atoms with Crippen molar-refractivity contribution in [3.05, 3.63) is 50.6 Å². The van der Waals surface area contributed by atoms with Crippen LogP contribution in [0.4, 0.5) is 0 Å². The first-order chi connectivity index (χ1) is 10.6. The number of halogens is 1. The van der Waals surface area contributed by atoms with Crippen molar-refractivity contribution < 1.29 is 4.74 Å². The average Bonchev–Trinajstić information content (AvgIpc) is 2.86. The number of thioether (sulfide) groups is 1. The number of ether oxygens (including phenoxy) is 1. The molecule has 0 amide bonds. The molecule has 0 unspecified atom stereocenters. The van der Waals surface area contributed by atoms with Crippen LogP contribution in [0.15, 0.2) is 40.3 Å². The van der Waals surface area contributed by atoms with Crippen LogP contribution in [0.3, 0.4) is 0 Å². The minimum Gasteiger partial charge on any atom is -0.493 e. The number of aryl methyl sites for hydroxylation is 1. The molecule has 2 heterocycles. The van der Waals surface area contributed by atoms with Crippen LogP contribution < -0.4 is 10.3 Å². The van der Waals surface area contributed by atoms with E-state index in [9.17, 15) is 4.79 Å². The van der Waals surface area contributed by atoms with Gasteiger partial charge in [-0.2, -0.15) is 0 Å². The first-order valence-corrected chi connectivity index (χ1v) is 8.81. The first-order valence-electron chi connectivity index (χ1n) is 6.63. The minimum atomic E-state index is -0.0875. The predicted octanol–water partition coefficient (Wildman–Crippen LogP) is 4.12. The molecular weight excluding hydrogens is 340 g/mol. The van der Waals surface area contributed by atoms with Crippen LogP contribution in [0.1, 0.15) is 4.88 Å². The first kappa shape index (κ1) is 15.4. The molecule has 0 radical (unpaired) electrons. The summed E-state index contributed by atoms with van der Waals surface area (Å²) in [6.45, 7) is 2.50.